The third-order valence-corrected chi connectivity index (χ3v) is 6.63. The normalized spacial score (nSPS) is 17.9. The van der Waals surface area contributed by atoms with Crippen LogP contribution in [0.5, 0.6) is 5.75 Å². The van der Waals surface area contributed by atoms with E-state index in [1.807, 2.05) is 61.5 Å². The van der Waals surface area contributed by atoms with E-state index in [4.69, 9.17) is 4.74 Å². The van der Waals surface area contributed by atoms with Crippen LogP contribution in [0.4, 0.5) is 0 Å². The second-order valence-electron chi connectivity index (χ2n) is 8.45. The van der Waals surface area contributed by atoms with Gasteiger partial charge in [-0.15, -0.1) is 11.3 Å². The quantitative estimate of drug-likeness (QED) is 0.454. The minimum Gasteiger partial charge on any atom is -0.486 e. The zero-order valence-electron chi connectivity index (χ0n) is 19.2. The molecule has 1 heterocycles. The van der Waals surface area contributed by atoms with E-state index in [1.165, 1.54) is 16.9 Å². The standard InChI is InChI=1S/C27H29N3O3S/c1-19-11-14-21(15-12-19)33-17-26-29-24(18-34-26)27(32)30-23-10-6-5-9-22(23)28-25(31)16-13-20-7-3-2-4-8-20/h2-4,7-8,11-16,18,22-23H,5-6,9-10,17H2,1H3,(H,28,31)(H,30,32)/b16-13+/t22-,23+/m0/s1. The lowest BCUT2D eigenvalue weighted by molar-refractivity contribution is -0.117. The third-order valence-electron chi connectivity index (χ3n) is 5.80. The van der Waals surface area contributed by atoms with Crippen LogP contribution < -0.4 is 15.4 Å². The molecule has 2 N–H and O–H groups in total. The molecular formula is C27H29N3O3S. The Hall–Kier alpha value is -3.45. The maximum absolute atomic E-state index is 12.8. The second kappa shape index (κ2) is 11.6. The topological polar surface area (TPSA) is 80.3 Å². The molecule has 3 aromatic rings. The largest absolute Gasteiger partial charge is 0.486 e. The van der Waals surface area contributed by atoms with E-state index in [1.54, 1.807) is 17.5 Å². The van der Waals surface area contributed by atoms with Crippen molar-refractivity contribution >= 4 is 29.2 Å². The fourth-order valence-electron chi connectivity index (χ4n) is 3.95. The van der Waals surface area contributed by atoms with Gasteiger partial charge in [0.1, 0.15) is 23.1 Å². The first-order valence-corrected chi connectivity index (χ1v) is 12.4. The van der Waals surface area contributed by atoms with Crippen LogP contribution in [-0.4, -0.2) is 28.9 Å². The molecule has 0 radical (unpaired) electrons. The van der Waals surface area contributed by atoms with Crippen LogP contribution in [0.25, 0.3) is 6.08 Å². The molecule has 1 fully saturated rings. The molecule has 4 rings (SSSR count). The maximum Gasteiger partial charge on any atom is 0.271 e. The van der Waals surface area contributed by atoms with Crippen molar-refractivity contribution in [3.63, 3.8) is 0 Å². The van der Waals surface area contributed by atoms with Gasteiger partial charge in [0.25, 0.3) is 5.91 Å². The van der Waals surface area contributed by atoms with Crippen LogP contribution >= 0.6 is 11.3 Å². The molecule has 0 aliphatic heterocycles. The van der Waals surface area contributed by atoms with Crippen molar-refractivity contribution in [1.29, 1.82) is 0 Å². The lowest BCUT2D eigenvalue weighted by atomic mass is 9.90. The van der Waals surface area contributed by atoms with Gasteiger partial charge in [0.2, 0.25) is 5.91 Å². The van der Waals surface area contributed by atoms with Gasteiger partial charge in [-0.05, 0) is 43.5 Å². The molecule has 0 bridgehead atoms. The summed E-state index contributed by atoms with van der Waals surface area (Å²) in [4.78, 5) is 29.7. The number of benzene rings is 2. The molecule has 6 nitrogen and oxygen atoms in total. The van der Waals surface area contributed by atoms with Gasteiger partial charge in [0.15, 0.2) is 0 Å². The van der Waals surface area contributed by atoms with E-state index in [0.29, 0.717) is 12.3 Å². The van der Waals surface area contributed by atoms with Gasteiger partial charge < -0.3 is 15.4 Å². The average molecular weight is 476 g/mol. The molecule has 0 spiro atoms. The lowest BCUT2D eigenvalue weighted by Gasteiger charge is -2.32. The van der Waals surface area contributed by atoms with E-state index in [9.17, 15) is 9.59 Å². The predicted octanol–water partition coefficient (Wildman–Crippen LogP) is 4.90. The highest BCUT2D eigenvalue weighted by molar-refractivity contribution is 7.09. The van der Waals surface area contributed by atoms with Crippen molar-refractivity contribution in [2.75, 3.05) is 0 Å². The molecule has 2 amide bonds. The van der Waals surface area contributed by atoms with E-state index in [-0.39, 0.29) is 23.9 Å². The molecule has 0 unspecified atom stereocenters. The highest BCUT2D eigenvalue weighted by Crippen LogP contribution is 2.20. The predicted molar refractivity (Wildman–Crippen MR) is 135 cm³/mol. The van der Waals surface area contributed by atoms with Crippen molar-refractivity contribution in [1.82, 2.24) is 15.6 Å². The Kier molecular flexibility index (Phi) is 8.09. The number of hydrogen-bond donors (Lipinski definition) is 2. The number of ether oxygens (including phenoxy) is 1. The molecule has 1 aromatic heterocycles. The highest BCUT2D eigenvalue weighted by Gasteiger charge is 2.28. The summed E-state index contributed by atoms with van der Waals surface area (Å²) in [6.07, 6.45) is 7.04. The maximum atomic E-state index is 12.8. The Balaban J connectivity index is 1.30. The Morgan fingerprint density at radius 1 is 1.03 bits per heavy atom. The van der Waals surface area contributed by atoms with Crippen molar-refractivity contribution in [2.45, 2.75) is 51.3 Å². The van der Waals surface area contributed by atoms with E-state index in [0.717, 1.165) is 42.0 Å². The second-order valence-corrected chi connectivity index (χ2v) is 9.39. The zero-order valence-corrected chi connectivity index (χ0v) is 20.0. The molecule has 2 aromatic carbocycles. The summed E-state index contributed by atoms with van der Waals surface area (Å²) < 4.78 is 5.77. The third kappa shape index (κ3) is 6.78. The molecular weight excluding hydrogens is 446 g/mol. The number of aryl methyl sites for hydroxylation is 1. The molecule has 2 atom stereocenters. The van der Waals surface area contributed by atoms with Crippen molar-refractivity contribution in [2.24, 2.45) is 0 Å². The number of hydrogen-bond acceptors (Lipinski definition) is 5. The molecule has 1 aliphatic carbocycles. The number of rotatable bonds is 8. The molecule has 0 saturated heterocycles. The molecule has 1 saturated carbocycles. The van der Waals surface area contributed by atoms with Crippen LogP contribution in [0.2, 0.25) is 0 Å². The highest BCUT2D eigenvalue weighted by atomic mass is 32.1. The van der Waals surface area contributed by atoms with Crippen LogP contribution in [0, 0.1) is 6.92 Å². The fourth-order valence-corrected chi connectivity index (χ4v) is 4.63. The number of carbonyl (C=O) groups is 2. The zero-order chi connectivity index (χ0) is 23.8. The smallest absolute Gasteiger partial charge is 0.271 e. The summed E-state index contributed by atoms with van der Waals surface area (Å²) in [6.45, 7) is 2.34. The number of thiazole rings is 1. The summed E-state index contributed by atoms with van der Waals surface area (Å²) in [5, 5.41) is 8.64. The van der Waals surface area contributed by atoms with Gasteiger partial charge in [-0.3, -0.25) is 9.59 Å². The lowest BCUT2D eigenvalue weighted by Crippen LogP contribution is -2.53. The minimum atomic E-state index is -0.219. The first-order valence-electron chi connectivity index (χ1n) is 11.6. The summed E-state index contributed by atoms with van der Waals surface area (Å²) in [6, 6.07) is 17.3. The number of nitrogens with zero attached hydrogens (tertiary/aromatic N) is 1. The van der Waals surface area contributed by atoms with E-state index in [2.05, 4.69) is 15.6 Å². The molecule has 176 valence electrons. The Morgan fingerprint density at radius 2 is 1.74 bits per heavy atom. The van der Waals surface area contributed by atoms with Gasteiger partial charge in [-0.2, -0.15) is 0 Å². The van der Waals surface area contributed by atoms with Crippen LogP contribution in [0.3, 0.4) is 0 Å². The number of nitrogens with one attached hydrogen (secondary N) is 2. The summed E-state index contributed by atoms with van der Waals surface area (Å²) in [5.74, 6) is 0.400. The van der Waals surface area contributed by atoms with Crippen LogP contribution in [-0.2, 0) is 11.4 Å². The van der Waals surface area contributed by atoms with Gasteiger partial charge in [0, 0.05) is 23.5 Å². The average Bonchev–Trinajstić information content (AvgIpc) is 3.34. The van der Waals surface area contributed by atoms with Gasteiger partial charge in [-0.25, -0.2) is 4.98 Å². The summed E-state index contributed by atoms with van der Waals surface area (Å²) in [5.41, 5.74) is 2.52. The van der Waals surface area contributed by atoms with Gasteiger partial charge in [-0.1, -0.05) is 60.9 Å². The van der Waals surface area contributed by atoms with Crippen LogP contribution in [0.1, 0.15) is 52.3 Å². The molecule has 7 heteroatoms. The Labute approximate surface area is 204 Å². The number of amides is 2. The monoisotopic (exact) mass is 475 g/mol. The molecule has 34 heavy (non-hydrogen) atoms. The first-order chi connectivity index (χ1) is 16.6. The SMILES string of the molecule is Cc1ccc(OCc2nc(C(=O)N[C@@H]3CCCC[C@@H]3NC(=O)/C=C/c3ccccc3)cs2)cc1. The van der Waals surface area contributed by atoms with Crippen molar-refractivity contribution in [3.05, 3.63) is 87.9 Å². The molecule has 1 aliphatic rings. The fraction of sp³-hybridized carbons (Fsp3) is 0.296. The number of carbonyl (C=O) groups excluding carboxylic acids is 2. The van der Waals surface area contributed by atoms with Gasteiger partial charge >= 0.3 is 0 Å². The Bertz CT molecular complexity index is 1130. The van der Waals surface area contributed by atoms with Crippen LogP contribution in [0.15, 0.2) is 66.1 Å². The van der Waals surface area contributed by atoms with E-state index >= 15 is 0 Å². The van der Waals surface area contributed by atoms with Crippen molar-refractivity contribution in [3.8, 4) is 5.75 Å². The van der Waals surface area contributed by atoms with Gasteiger partial charge in [0.05, 0.1) is 0 Å². The first kappa shape index (κ1) is 23.7. The number of aromatic nitrogens is 1. The van der Waals surface area contributed by atoms with Crippen molar-refractivity contribution < 1.29 is 14.3 Å². The van der Waals surface area contributed by atoms with E-state index < -0.39 is 0 Å². The Morgan fingerprint density at radius 3 is 2.47 bits per heavy atom. The minimum absolute atomic E-state index is 0.103. The summed E-state index contributed by atoms with van der Waals surface area (Å²) >= 11 is 1.40. The summed E-state index contributed by atoms with van der Waals surface area (Å²) in [7, 11) is 0.